The van der Waals surface area contributed by atoms with E-state index in [4.69, 9.17) is 4.74 Å². The van der Waals surface area contributed by atoms with Crippen LogP contribution in [0.5, 0.6) is 11.5 Å². The number of aryl methyl sites for hydroxylation is 1. The van der Waals surface area contributed by atoms with E-state index < -0.39 is 0 Å². The molecule has 0 fully saturated rings. The van der Waals surface area contributed by atoms with Gasteiger partial charge in [-0.15, -0.1) is 5.10 Å². The summed E-state index contributed by atoms with van der Waals surface area (Å²) in [6.07, 6.45) is 1.61. The van der Waals surface area contributed by atoms with Gasteiger partial charge in [-0.2, -0.15) is 0 Å². The smallest absolute Gasteiger partial charge is 0.277 e. The second-order valence-electron chi connectivity index (χ2n) is 6.28. The molecule has 146 valence electrons. The van der Waals surface area contributed by atoms with Gasteiger partial charge in [0.1, 0.15) is 0 Å². The van der Waals surface area contributed by atoms with E-state index in [1.165, 1.54) is 7.11 Å². The predicted octanol–water partition coefficient (Wildman–Crippen LogP) is 2.34. The van der Waals surface area contributed by atoms with Crippen molar-refractivity contribution in [3.05, 3.63) is 65.5 Å². The van der Waals surface area contributed by atoms with Gasteiger partial charge in [-0.1, -0.05) is 35.5 Å². The third-order valence-corrected chi connectivity index (χ3v) is 4.30. The minimum absolute atomic E-state index is 0.133. The highest BCUT2D eigenvalue weighted by Crippen LogP contribution is 2.29. The highest BCUT2D eigenvalue weighted by Gasteiger charge is 2.12. The summed E-state index contributed by atoms with van der Waals surface area (Å²) < 4.78 is 6.70. The normalized spacial score (nSPS) is 10.6. The molecule has 2 aromatic carbocycles. The van der Waals surface area contributed by atoms with Crippen LogP contribution in [0.25, 0.3) is 0 Å². The lowest BCUT2D eigenvalue weighted by molar-refractivity contribution is 0.102. The zero-order valence-corrected chi connectivity index (χ0v) is 15.8. The second kappa shape index (κ2) is 9.01. The van der Waals surface area contributed by atoms with Crippen molar-refractivity contribution in [3.63, 3.8) is 0 Å². The van der Waals surface area contributed by atoms with Gasteiger partial charge in [-0.25, -0.2) is 0 Å². The number of carbonyl (C=O) groups is 1. The Morgan fingerprint density at radius 3 is 2.82 bits per heavy atom. The fourth-order valence-electron chi connectivity index (χ4n) is 2.70. The molecule has 0 saturated carbocycles. The summed E-state index contributed by atoms with van der Waals surface area (Å²) in [4.78, 5) is 12.3. The highest BCUT2D eigenvalue weighted by molar-refractivity contribution is 6.02. The minimum Gasteiger partial charge on any atom is -0.504 e. The van der Waals surface area contributed by atoms with Gasteiger partial charge in [0, 0.05) is 24.3 Å². The molecule has 3 N–H and O–H groups in total. The Kier molecular flexibility index (Phi) is 6.23. The quantitative estimate of drug-likeness (QED) is 0.518. The summed E-state index contributed by atoms with van der Waals surface area (Å²) in [5.41, 5.74) is 2.74. The van der Waals surface area contributed by atoms with Crippen LogP contribution < -0.4 is 15.4 Å². The van der Waals surface area contributed by atoms with Crippen LogP contribution in [0.2, 0.25) is 0 Å². The van der Waals surface area contributed by atoms with Crippen molar-refractivity contribution in [2.24, 2.45) is 0 Å². The number of anilines is 1. The van der Waals surface area contributed by atoms with Gasteiger partial charge < -0.3 is 20.5 Å². The fourth-order valence-corrected chi connectivity index (χ4v) is 2.70. The average Bonchev–Trinajstić information content (AvgIpc) is 3.17. The van der Waals surface area contributed by atoms with Crippen LogP contribution in [0.1, 0.15) is 21.6 Å². The van der Waals surface area contributed by atoms with Gasteiger partial charge >= 0.3 is 0 Å². The standard InChI is InChI=1S/C20H23N5O3/c1-14-6-3-4-8-16(14)22-20(27)17-13-25(24-23-17)11-10-21-12-15-7-5-9-18(28-2)19(15)26/h3-9,13,21,26H,10-12H2,1-2H3,(H,22,27). The lowest BCUT2D eigenvalue weighted by Crippen LogP contribution is -2.20. The largest absolute Gasteiger partial charge is 0.504 e. The first kappa shape index (κ1) is 19.4. The zero-order chi connectivity index (χ0) is 19.9. The van der Waals surface area contributed by atoms with Crippen LogP contribution in [0, 0.1) is 6.92 Å². The van der Waals surface area contributed by atoms with Crippen molar-refractivity contribution in [3.8, 4) is 11.5 Å². The molecule has 0 aliphatic heterocycles. The summed E-state index contributed by atoms with van der Waals surface area (Å²) in [6, 6.07) is 12.9. The number of carbonyl (C=O) groups excluding carboxylic acids is 1. The monoisotopic (exact) mass is 381 g/mol. The molecule has 0 atom stereocenters. The summed E-state index contributed by atoms with van der Waals surface area (Å²) in [5.74, 6) is 0.281. The van der Waals surface area contributed by atoms with Crippen molar-refractivity contribution < 1.29 is 14.6 Å². The van der Waals surface area contributed by atoms with E-state index in [9.17, 15) is 9.90 Å². The van der Waals surface area contributed by atoms with Crippen LogP contribution >= 0.6 is 0 Å². The van der Waals surface area contributed by atoms with Crippen molar-refractivity contribution in [2.75, 3.05) is 19.0 Å². The van der Waals surface area contributed by atoms with Gasteiger partial charge in [0.25, 0.3) is 5.91 Å². The number of rotatable bonds is 8. The molecule has 3 rings (SSSR count). The molecule has 0 bridgehead atoms. The number of nitrogens with one attached hydrogen (secondary N) is 2. The first-order chi connectivity index (χ1) is 13.6. The van der Waals surface area contributed by atoms with Gasteiger partial charge in [0.15, 0.2) is 17.2 Å². The summed E-state index contributed by atoms with van der Waals surface area (Å²) in [6.45, 7) is 3.55. The number of amides is 1. The molecule has 0 spiro atoms. The zero-order valence-electron chi connectivity index (χ0n) is 15.8. The van der Waals surface area contributed by atoms with Crippen LogP contribution in [0.15, 0.2) is 48.7 Å². The fraction of sp³-hybridized carbons (Fsp3) is 0.250. The average molecular weight is 381 g/mol. The number of para-hydroxylation sites is 2. The molecule has 0 radical (unpaired) electrons. The first-order valence-electron chi connectivity index (χ1n) is 8.91. The van der Waals surface area contributed by atoms with E-state index in [-0.39, 0.29) is 17.4 Å². The van der Waals surface area contributed by atoms with Crippen molar-refractivity contribution in [2.45, 2.75) is 20.0 Å². The van der Waals surface area contributed by atoms with Gasteiger partial charge in [-0.3, -0.25) is 9.48 Å². The Morgan fingerprint density at radius 2 is 2.04 bits per heavy atom. The Balaban J connectivity index is 1.50. The molecule has 1 aromatic heterocycles. The van der Waals surface area contributed by atoms with E-state index in [1.807, 2.05) is 43.3 Å². The SMILES string of the molecule is COc1cccc(CNCCn2cc(C(=O)Nc3ccccc3C)nn2)c1O. The van der Waals surface area contributed by atoms with Crippen LogP contribution in [0.3, 0.4) is 0 Å². The number of ether oxygens (including phenoxy) is 1. The maximum absolute atomic E-state index is 12.3. The van der Waals surface area contributed by atoms with E-state index in [1.54, 1.807) is 16.9 Å². The first-order valence-corrected chi connectivity index (χ1v) is 8.91. The number of nitrogens with zero attached hydrogens (tertiary/aromatic N) is 3. The van der Waals surface area contributed by atoms with Gasteiger partial charge in [0.05, 0.1) is 19.9 Å². The third-order valence-electron chi connectivity index (χ3n) is 4.30. The van der Waals surface area contributed by atoms with E-state index >= 15 is 0 Å². The van der Waals surface area contributed by atoms with Crippen LogP contribution in [-0.2, 0) is 13.1 Å². The number of phenols is 1. The maximum atomic E-state index is 12.3. The third kappa shape index (κ3) is 4.66. The topological polar surface area (TPSA) is 101 Å². The molecular weight excluding hydrogens is 358 g/mol. The Bertz CT molecular complexity index is 955. The molecule has 1 amide bonds. The predicted molar refractivity (Wildman–Crippen MR) is 106 cm³/mol. The Hall–Kier alpha value is -3.39. The highest BCUT2D eigenvalue weighted by atomic mass is 16.5. The molecular formula is C20H23N5O3. The molecule has 0 aliphatic rings. The lowest BCUT2D eigenvalue weighted by Gasteiger charge is -2.09. The van der Waals surface area contributed by atoms with Gasteiger partial charge in [-0.05, 0) is 24.6 Å². The molecule has 3 aromatic rings. The van der Waals surface area contributed by atoms with E-state index in [0.29, 0.717) is 25.4 Å². The summed E-state index contributed by atoms with van der Waals surface area (Å²) >= 11 is 0. The van der Waals surface area contributed by atoms with E-state index in [2.05, 4.69) is 20.9 Å². The molecule has 8 nitrogen and oxygen atoms in total. The maximum Gasteiger partial charge on any atom is 0.277 e. The second-order valence-corrected chi connectivity index (χ2v) is 6.28. The lowest BCUT2D eigenvalue weighted by atomic mass is 10.2. The molecule has 0 unspecified atom stereocenters. The van der Waals surface area contributed by atoms with Gasteiger partial charge in [0.2, 0.25) is 0 Å². The number of hydrogen-bond donors (Lipinski definition) is 3. The molecule has 28 heavy (non-hydrogen) atoms. The van der Waals surface area contributed by atoms with E-state index in [0.717, 1.165) is 16.8 Å². The number of methoxy groups -OCH3 is 1. The Labute approximate surface area is 163 Å². The minimum atomic E-state index is -0.296. The summed E-state index contributed by atoms with van der Waals surface area (Å²) in [5, 5.41) is 24.1. The van der Waals surface area contributed by atoms with Crippen LogP contribution in [0.4, 0.5) is 5.69 Å². The van der Waals surface area contributed by atoms with Crippen molar-refractivity contribution in [1.82, 2.24) is 20.3 Å². The van der Waals surface area contributed by atoms with Crippen molar-refractivity contribution >= 4 is 11.6 Å². The molecule has 8 heteroatoms. The number of hydrogen-bond acceptors (Lipinski definition) is 6. The number of aromatic nitrogens is 3. The molecule has 1 heterocycles. The summed E-state index contributed by atoms with van der Waals surface area (Å²) in [7, 11) is 1.52. The Morgan fingerprint density at radius 1 is 1.21 bits per heavy atom. The van der Waals surface area contributed by atoms with Crippen LogP contribution in [-0.4, -0.2) is 39.7 Å². The van der Waals surface area contributed by atoms with Crippen molar-refractivity contribution in [1.29, 1.82) is 0 Å². The molecule has 0 saturated heterocycles. The number of phenolic OH excluding ortho intramolecular Hbond substituents is 1. The number of aromatic hydroxyl groups is 1. The number of benzene rings is 2. The molecule has 0 aliphatic carbocycles.